The van der Waals surface area contributed by atoms with Crippen molar-refractivity contribution in [1.82, 2.24) is 4.90 Å². The maximum atomic E-state index is 12.5. The predicted molar refractivity (Wildman–Crippen MR) is 85.8 cm³/mol. The van der Waals surface area contributed by atoms with Gasteiger partial charge in [0, 0.05) is 24.0 Å². The highest BCUT2D eigenvalue weighted by atomic mass is 16.2. The van der Waals surface area contributed by atoms with Crippen LogP contribution in [0.15, 0.2) is 24.3 Å². The molecular formula is C16H27N3O. The normalized spacial score (nSPS) is 10.9. The second kappa shape index (κ2) is 7.78. The van der Waals surface area contributed by atoms with Crippen LogP contribution in [0.1, 0.15) is 40.5 Å². The van der Waals surface area contributed by atoms with Gasteiger partial charge in [0.1, 0.15) is 0 Å². The first-order chi connectivity index (χ1) is 9.47. The zero-order chi connectivity index (χ0) is 15.1. The van der Waals surface area contributed by atoms with E-state index in [1.165, 1.54) is 0 Å². The Kier molecular flexibility index (Phi) is 6.36. The molecule has 0 saturated heterocycles. The Labute approximate surface area is 122 Å². The van der Waals surface area contributed by atoms with Crippen LogP contribution in [0.5, 0.6) is 0 Å². The number of hydrogen-bond acceptors (Lipinski definition) is 2. The third kappa shape index (κ3) is 4.76. The maximum absolute atomic E-state index is 12.5. The number of nitrogens with zero attached hydrogens (tertiary/aromatic N) is 1. The molecule has 0 bridgehead atoms. The monoisotopic (exact) mass is 277 g/mol. The molecule has 0 heterocycles. The average Bonchev–Trinajstić information content (AvgIpc) is 2.41. The summed E-state index contributed by atoms with van der Waals surface area (Å²) in [5, 5.41) is 2.96. The Morgan fingerprint density at radius 1 is 1.20 bits per heavy atom. The van der Waals surface area contributed by atoms with Gasteiger partial charge in [0.15, 0.2) is 0 Å². The molecule has 20 heavy (non-hydrogen) atoms. The summed E-state index contributed by atoms with van der Waals surface area (Å²) >= 11 is 0. The fourth-order valence-corrected chi connectivity index (χ4v) is 2.28. The minimum Gasteiger partial charge on any atom is -0.399 e. The first-order valence-corrected chi connectivity index (χ1v) is 7.41. The molecule has 0 fully saturated rings. The van der Waals surface area contributed by atoms with Crippen LogP contribution in [0, 0.1) is 5.92 Å². The molecule has 4 nitrogen and oxygen atoms in total. The van der Waals surface area contributed by atoms with Crippen molar-refractivity contribution in [1.29, 1.82) is 0 Å². The molecule has 0 radical (unpaired) electrons. The van der Waals surface area contributed by atoms with Crippen LogP contribution in [-0.4, -0.2) is 23.5 Å². The third-order valence-electron chi connectivity index (χ3n) is 3.37. The summed E-state index contributed by atoms with van der Waals surface area (Å²) in [5.41, 5.74) is 7.13. The molecule has 0 aliphatic heterocycles. The molecule has 0 aliphatic carbocycles. The van der Waals surface area contributed by atoms with Crippen molar-refractivity contribution >= 4 is 17.4 Å². The van der Waals surface area contributed by atoms with Crippen molar-refractivity contribution in [2.24, 2.45) is 5.92 Å². The van der Waals surface area contributed by atoms with E-state index in [1.54, 1.807) is 12.1 Å². The molecule has 2 amide bonds. The van der Waals surface area contributed by atoms with E-state index in [1.807, 2.05) is 17.0 Å². The van der Waals surface area contributed by atoms with Crippen LogP contribution in [0.25, 0.3) is 0 Å². The van der Waals surface area contributed by atoms with Crippen molar-refractivity contribution in [3.8, 4) is 0 Å². The SMILES string of the molecule is CCC(CC)N(CC(C)C)C(=O)Nc1ccc(N)cc1. The van der Waals surface area contributed by atoms with E-state index in [9.17, 15) is 4.79 Å². The lowest BCUT2D eigenvalue weighted by molar-refractivity contribution is 0.173. The summed E-state index contributed by atoms with van der Waals surface area (Å²) in [4.78, 5) is 14.4. The first-order valence-electron chi connectivity index (χ1n) is 7.41. The lowest BCUT2D eigenvalue weighted by Crippen LogP contribution is -2.44. The van der Waals surface area contributed by atoms with Gasteiger partial charge in [-0.25, -0.2) is 4.79 Å². The van der Waals surface area contributed by atoms with Crippen LogP contribution in [0.4, 0.5) is 16.2 Å². The molecule has 1 rings (SSSR count). The average molecular weight is 277 g/mol. The van der Waals surface area contributed by atoms with Crippen molar-refractivity contribution in [2.45, 2.75) is 46.6 Å². The molecule has 0 atom stereocenters. The fourth-order valence-electron chi connectivity index (χ4n) is 2.28. The van der Waals surface area contributed by atoms with Gasteiger partial charge in [0.2, 0.25) is 0 Å². The highest BCUT2D eigenvalue weighted by molar-refractivity contribution is 5.89. The van der Waals surface area contributed by atoms with E-state index in [4.69, 9.17) is 5.73 Å². The molecule has 1 aromatic carbocycles. The van der Waals surface area contributed by atoms with Gasteiger partial charge in [-0.1, -0.05) is 27.7 Å². The molecule has 4 heteroatoms. The van der Waals surface area contributed by atoms with Crippen LogP contribution >= 0.6 is 0 Å². The number of carbonyl (C=O) groups is 1. The van der Waals surface area contributed by atoms with Gasteiger partial charge in [0.05, 0.1) is 0 Å². The molecule has 0 aliphatic rings. The summed E-state index contributed by atoms with van der Waals surface area (Å²) in [6, 6.07) is 7.49. The Hall–Kier alpha value is -1.71. The predicted octanol–water partition coefficient (Wildman–Crippen LogP) is 3.95. The number of nitrogens with two attached hydrogens (primary N) is 1. The van der Waals surface area contributed by atoms with Crippen LogP contribution < -0.4 is 11.1 Å². The number of anilines is 2. The zero-order valence-corrected chi connectivity index (χ0v) is 13.0. The molecule has 3 N–H and O–H groups in total. The van der Waals surface area contributed by atoms with Crippen LogP contribution in [0.3, 0.4) is 0 Å². The van der Waals surface area contributed by atoms with Gasteiger partial charge in [-0.2, -0.15) is 0 Å². The molecular weight excluding hydrogens is 250 g/mol. The lowest BCUT2D eigenvalue weighted by Gasteiger charge is -2.32. The zero-order valence-electron chi connectivity index (χ0n) is 13.0. The van der Waals surface area contributed by atoms with E-state index in [-0.39, 0.29) is 12.1 Å². The van der Waals surface area contributed by atoms with Gasteiger partial charge >= 0.3 is 6.03 Å². The lowest BCUT2D eigenvalue weighted by atomic mass is 10.1. The second-order valence-corrected chi connectivity index (χ2v) is 5.57. The Morgan fingerprint density at radius 3 is 2.20 bits per heavy atom. The number of amides is 2. The van der Waals surface area contributed by atoms with E-state index >= 15 is 0 Å². The number of nitrogen functional groups attached to an aromatic ring is 1. The van der Waals surface area contributed by atoms with Crippen molar-refractivity contribution in [2.75, 3.05) is 17.6 Å². The number of hydrogen-bond donors (Lipinski definition) is 2. The van der Waals surface area contributed by atoms with Crippen molar-refractivity contribution < 1.29 is 4.79 Å². The number of carbonyl (C=O) groups excluding carboxylic acids is 1. The second-order valence-electron chi connectivity index (χ2n) is 5.57. The Balaban J connectivity index is 2.79. The summed E-state index contributed by atoms with van der Waals surface area (Å²) in [7, 11) is 0. The van der Waals surface area contributed by atoms with Crippen molar-refractivity contribution in [3.05, 3.63) is 24.3 Å². The summed E-state index contributed by atoms with van der Waals surface area (Å²) in [6.07, 6.45) is 1.94. The van der Waals surface area contributed by atoms with E-state index in [0.717, 1.165) is 25.1 Å². The molecule has 112 valence electrons. The fraction of sp³-hybridized carbons (Fsp3) is 0.562. The molecule has 0 spiro atoms. The number of rotatable bonds is 6. The van der Waals surface area contributed by atoms with E-state index in [0.29, 0.717) is 11.6 Å². The Bertz CT molecular complexity index is 410. The van der Waals surface area contributed by atoms with Gasteiger partial charge < -0.3 is 16.0 Å². The first kappa shape index (κ1) is 16.3. The van der Waals surface area contributed by atoms with Crippen LogP contribution in [-0.2, 0) is 0 Å². The number of benzene rings is 1. The summed E-state index contributed by atoms with van der Waals surface area (Å²) in [5.74, 6) is 0.452. The smallest absolute Gasteiger partial charge is 0.322 e. The van der Waals surface area contributed by atoms with Gasteiger partial charge in [-0.3, -0.25) is 0 Å². The number of urea groups is 1. The molecule has 1 aromatic rings. The Morgan fingerprint density at radius 2 is 1.75 bits per heavy atom. The van der Waals surface area contributed by atoms with E-state index in [2.05, 4.69) is 33.0 Å². The van der Waals surface area contributed by atoms with E-state index < -0.39 is 0 Å². The summed E-state index contributed by atoms with van der Waals surface area (Å²) in [6.45, 7) is 9.28. The van der Waals surface area contributed by atoms with Gasteiger partial charge in [-0.15, -0.1) is 0 Å². The maximum Gasteiger partial charge on any atom is 0.322 e. The summed E-state index contributed by atoms with van der Waals surface area (Å²) < 4.78 is 0. The highest BCUT2D eigenvalue weighted by Crippen LogP contribution is 2.16. The quantitative estimate of drug-likeness (QED) is 0.774. The number of nitrogens with one attached hydrogen (secondary N) is 1. The minimum atomic E-state index is -0.0304. The molecule has 0 unspecified atom stereocenters. The highest BCUT2D eigenvalue weighted by Gasteiger charge is 2.21. The van der Waals surface area contributed by atoms with Crippen LogP contribution in [0.2, 0.25) is 0 Å². The largest absolute Gasteiger partial charge is 0.399 e. The third-order valence-corrected chi connectivity index (χ3v) is 3.37. The minimum absolute atomic E-state index is 0.0304. The van der Waals surface area contributed by atoms with Gasteiger partial charge in [0.25, 0.3) is 0 Å². The standard InChI is InChI=1S/C16H27N3O/c1-5-15(6-2)19(11-12(3)4)16(20)18-14-9-7-13(17)8-10-14/h7-10,12,15H,5-6,11,17H2,1-4H3,(H,18,20). The van der Waals surface area contributed by atoms with Gasteiger partial charge in [-0.05, 0) is 43.0 Å². The van der Waals surface area contributed by atoms with Crippen molar-refractivity contribution in [3.63, 3.8) is 0 Å². The molecule has 0 saturated carbocycles. The topological polar surface area (TPSA) is 58.4 Å². The molecule has 0 aromatic heterocycles.